The number of aliphatic hydroxyl groups excluding tert-OH is 2. The lowest BCUT2D eigenvalue weighted by molar-refractivity contribution is -0.861. The number of amides is 4. The molecule has 0 bridgehead atoms. The van der Waals surface area contributed by atoms with E-state index in [4.69, 9.17) is 20.4 Å². The van der Waals surface area contributed by atoms with Crippen LogP contribution < -0.4 is 41.3 Å². The zero-order valence-electron chi connectivity index (χ0n) is 38.7. The van der Waals surface area contributed by atoms with Crippen molar-refractivity contribution >= 4 is 70.3 Å². The summed E-state index contributed by atoms with van der Waals surface area (Å²) in [5.41, 5.74) is 2.91. The van der Waals surface area contributed by atoms with Crippen LogP contribution in [0.5, 0.6) is 0 Å². The summed E-state index contributed by atoms with van der Waals surface area (Å²) in [5, 5.41) is 65.3. The van der Waals surface area contributed by atoms with E-state index in [1.54, 1.807) is 38.1 Å². The number of carboxylic acid groups (broad SMARTS) is 4. The van der Waals surface area contributed by atoms with Crippen LogP contribution in [0.4, 0.5) is 22.7 Å². The van der Waals surface area contributed by atoms with Gasteiger partial charge in [0.2, 0.25) is 23.6 Å². The minimum Gasteiger partial charge on any atom is -0.545 e. The Bertz CT molecular complexity index is 1820. The Hall–Kier alpha value is -7.52. The van der Waals surface area contributed by atoms with E-state index in [9.17, 15) is 48.6 Å². The molecule has 0 aliphatic heterocycles. The molecule has 2 atom stereocenters. The molecule has 10 N–H and O–H groups in total. The first kappa shape index (κ1) is 60.6. The number of carbonyl (C=O) groups excluding carboxylic acids is 6. The van der Waals surface area contributed by atoms with Gasteiger partial charge < -0.3 is 71.3 Å². The van der Waals surface area contributed by atoms with Gasteiger partial charge >= 0.3 is 11.9 Å². The number of hydrogen-bond acceptors (Lipinski definition) is 12. The van der Waals surface area contributed by atoms with Crippen molar-refractivity contribution in [1.82, 2.24) is 0 Å². The molecule has 0 saturated carbocycles. The Morgan fingerprint density at radius 1 is 0.424 bits per heavy atom. The number of carbonyl (C=O) groups is 8. The lowest BCUT2D eigenvalue weighted by Crippen LogP contribution is -3.06. The first-order valence-corrected chi connectivity index (χ1v) is 20.0. The number of rotatable bonds is 12. The fraction of sp³-hybridized carbons (Fsp3) is 0.304. The van der Waals surface area contributed by atoms with Gasteiger partial charge in [0.05, 0.1) is 51.3 Å². The Kier molecular flexibility index (Phi) is 30.3. The molecule has 66 heavy (non-hydrogen) atoms. The molecular weight excluding hydrogens is 861 g/mol. The quantitative estimate of drug-likeness (QED) is 0.0875. The van der Waals surface area contributed by atoms with Crippen molar-refractivity contribution in [3.05, 3.63) is 119 Å². The summed E-state index contributed by atoms with van der Waals surface area (Å²) in [4.78, 5) is 86.5. The molecule has 20 heteroatoms. The van der Waals surface area contributed by atoms with Crippen molar-refractivity contribution in [2.75, 3.05) is 62.5 Å². The average Bonchev–Trinajstić information content (AvgIpc) is 3.18. The minimum absolute atomic E-state index is 0.0918. The number of hydrogen-bond donors (Lipinski definition) is 10. The Balaban J connectivity index is 0. The lowest BCUT2D eigenvalue weighted by Gasteiger charge is -2.07. The van der Waals surface area contributed by atoms with Crippen molar-refractivity contribution in [3.8, 4) is 0 Å². The fourth-order valence-corrected chi connectivity index (χ4v) is 4.77. The van der Waals surface area contributed by atoms with E-state index >= 15 is 0 Å². The third-order valence-corrected chi connectivity index (χ3v) is 7.19. The molecule has 360 valence electrons. The van der Waals surface area contributed by atoms with Gasteiger partial charge in [0.15, 0.2) is 0 Å². The number of aromatic carboxylic acids is 4. The molecule has 4 amide bonds. The van der Waals surface area contributed by atoms with Crippen LogP contribution in [0.1, 0.15) is 83.0 Å². The van der Waals surface area contributed by atoms with Gasteiger partial charge in [0.1, 0.15) is 25.3 Å². The monoisotopic (exact) mass is 922 g/mol. The largest absolute Gasteiger partial charge is 0.545 e. The van der Waals surface area contributed by atoms with Crippen molar-refractivity contribution < 1.29 is 78.8 Å². The van der Waals surface area contributed by atoms with Crippen LogP contribution >= 0.6 is 0 Å². The zero-order valence-corrected chi connectivity index (χ0v) is 38.7. The molecule has 0 aliphatic carbocycles. The molecule has 0 aliphatic rings. The summed E-state index contributed by atoms with van der Waals surface area (Å²) in [7, 11) is 8.08. The maximum Gasteiger partial charge on any atom is 0.335 e. The Morgan fingerprint density at radius 2 is 0.606 bits per heavy atom. The Labute approximate surface area is 383 Å². The summed E-state index contributed by atoms with van der Waals surface area (Å²) in [6, 6.07) is 23.5. The second kappa shape index (κ2) is 33.1. The zero-order chi connectivity index (χ0) is 51.1. The van der Waals surface area contributed by atoms with Gasteiger partial charge in [-0.25, -0.2) is 9.59 Å². The number of aliphatic hydroxyl groups is 2. The highest BCUT2D eigenvalue weighted by molar-refractivity contribution is 5.93. The van der Waals surface area contributed by atoms with E-state index < -0.39 is 23.9 Å². The first-order valence-electron chi connectivity index (χ1n) is 20.0. The van der Waals surface area contributed by atoms with E-state index in [2.05, 4.69) is 21.3 Å². The highest BCUT2D eigenvalue weighted by Gasteiger charge is 2.04. The summed E-state index contributed by atoms with van der Waals surface area (Å²) < 4.78 is 0. The van der Waals surface area contributed by atoms with Crippen LogP contribution in [0.3, 0.4) is 0 Å². The number of quaternary nitrogens is 2. The number of benzene rings is 4. The molecular formula is C46H62N6O14. The van der Waals surface area contributed by atoms with Crippen molar-refractivity contribution in [3.63, 3.8) is 0 Å². The second-order valence-electron chi connectivity index (χ2n) is 14.7. The van der Waals surface area contributed by atoms with E-state index in [0.717, 1.165) is 13.1 Å². The van der Waals surface area contributed by atoms with E-state index in [-0.39, 0.29) is 58.1 Å². The van der Waals surface area contributed by atoms with E-state index in [1.165, 1.54) is 110 Å². The molecule has 0 saturated heterocycles. The van der Waals surface area contributed by atoms with Crippen molar-refractivity contribution in [1.29, 1.82) is 0 Å². The van der Waals surface area contributed by atoms with Gasteiger partial charge in [-0.3, -0.25) is 19.2 Å². The maximum atomic E-state index is 10.6. The van der Waals surface area contributed by atoms with Gasteiger partial charge in [0.25, 0.3) is 0 Å². The van der Waals surface area contributed by atoms with Crippen LogP contribution in [-0.4, -0.2) is 121 Å². The SMILES string of the molecule is CC(=O)Nc1ccc(C(=O)O)cc1.CC(=O)Nc1ccc(C(=O)O)cc1.CC(=O)Nc1ccc(C(=O)[O-])cc1.CC(=O)Nc1ccc(C(=O)[O-])cc1.C[C@@H](O)C[NH+](C)C.C[C@H](O)C[NH+](C)C. The topological polar surface area (TPSA) is 321 Å². The average molecular weight is 923 g/mol. The van der Waals surface area contributed by atoms with Gasteiger partial charge in [-0.1, -0.05) is 24.3 Å². The molecule has 0 heterocycles. The molecule has 4 aromatic carbocycles. The molecule has 0 radical (unpaired) electrons. The lowest BCUT2D eigenvalue weighted by atomic mass is 10.2. The van der Waals surface area contributed by atoms with Gasteiger partial charge in [-0.2, -0.15) is 0 Å². The number of carboxylic acids is 4. The van der Waals surface area contributed by atoms with Crippen LogP contribution in [0.25, 0.3) is 0 Å². The fourth-order valence-electron chi connectivity index (χ4n) is 4.77. The smallest absolute Gasteiger partial charge is 0.335 e. The van der Waals surface area contributed by atoms with Crippen molar-refractivity contribution in [2.24, 2.45) is 0 Å². The number of nitrogens with one attached hydrogen (secondary N) is 6. The van der Waals surface area contributed by atoms with Crippen LogP contribution in [0, 0.1) is 0 Å². The van der Waals surface area contributed by atoms with E-state index in [1.807, 2.05) is 28.2 Å². The molecule has 0 spiro atoms. The third kappa shape index (κ3) is 33.1. The number of likely N-dealkylation sites (N-methyl/N-ethyl adjacent to an activating group) is 2. The highest BCUT2D eigenvalue weighted by atomic mass is 16.4. The molecule has 20 nitrogen and oxygen atoms in total. The van der Waals surface area contributed by atoms with Crippen LogP contribution in [-0.2, 0) is 19.2 Å². The second-order valence-corrected chi connectivity index (χ2v) is 14.7. The van der Waals surface area contributed by atoms with Gasteiger partial charge in [-0.15, -0.1) is 0 Å². The van der Waals surface area contributed by atoms with Gasteiger partial charge in [0, 0.05) is 50.4 Å². The Morgan fingerprint density at radius 3 is 0.712 bits per heavy atom. The van der Waals surface area contributed by atoms with E-state index in [0.29, 0.717) is 22.7 Å². The first-order chi connectivity index (χ1) is 30.6. The standard InChI is InChI=1S/4C9H9NO3.2C5H13NO/c4*1-6(11)10-8-4-2-7(3-5-8)9(12)13;2*1-5(7)4-6(2)3/h4*2-5H,1H3,(H,10,11)(H,12,13);2*5,7H,4H2,1-3H3/t;;;;2*5-/m....10/s1. The summed E-state index contributed by atoms with van der Waals surface area (Å²) in [5.74, 6) is -5.15. The maximum absolute atomic E-state index is 10.6. The number of anilines is 4. The molecule has 0 fully saturated rings. The van der Waals surface area contributed by atoms with Crippen LogP contribution in [0.2, 0.25) is 0 Å². The molecule has 0 aromatic heterocycles. The van der Waals surface area contributed by atoms with Crippen molar-refractivity contribution in [2.45, 2.75) is 53.8 Å². The normalized spacial score (nSPS) is 10.5. The molecule has 4 rings (SSSR count). The van der Waals surface area contributed by atoms with Gasteiger partial charge in [-0.05, 0) is 97.8 Å². The van der Waals surface area contributed by atoms with Crippen LogP contribution in [0.15, 0.2) is 97.1 Å². The molecule has 4 aromatic rings. The predicted octanol–water partition coefficient (Wildman–Crippen LogP) is -0.273. The highest BCUT2D eigenvalue weighted by Crippen LogP contribution is 2.11. The summed E-state index contributed by atoms with van der Waals surface area (Å²) in [6.07, 6.45) is -0.324. The summed E-state index contributed by atoms with van der Waals surface area (Å²) >= 11 is 0. The third-order valence-electron chi connectivity index (χ3n) is 7.19. The molecule has 0 unspecified atom stereocenters. The minimum atomic E-state index is -1.23. The summed E-state index contributed by atoms with van der Waals surface area (Å²) in [6.45, 7) is 10.8. The predicted molar refractivity (Wildman–Crippen MR) is 244 cm³/mol.